The summed E-state index contributed by atoms with van der Waals surface area (Å²) in [7, 11) is 0. The van der Waals surface area contributed by atoms with Crippen molar-refractivity contribution in [1.29, 1.82) is 0 Å². The number of rotatable bonds is 6. The Balaban J connectivity index is 2.22. The fourth-order valence-corrected chi connectivity index (χ4v) is 3.46. The third kappa shape index (κ3) is 3.29. The van der Waals surface area contributed by atoms with Crippen molar-refractivity contribution in [2.45, 2.75) is 58.9 Å². The molecule has 1 aromatic carbocycles. The SMILES string of the molecule is CCCN(CCC)[C@@H]1CCc2cccc(C(C)=O)c2C1. The van der Waals surface area contributed by atoms with E-state index in [1.165, 1.54) is 43.5 Å². The standard InChI is InChI=1S/C18H27NO/c1-4-11-19(12-5-2)16-10-9-15-7-6-8-17(14(3)20)18(15)13-16/h6-8,16H,4-5,9-13H2,1-3H3/t16-/m1/s1. The van der Waals surface area contributed by atoms with Crippen LogP contribution >= 0.6 is 0 Å². The molecule has 0 aromatic heterocycles. The van der Waals surface area contributed by atoms with E-state index in [0.29, 0.717) is 6.04 Å². The Bertz CT molecular complexity index is 460. The summed E-state index contributed by atoms with van der Waals surface area (Å²) in [5.41, 5.74) is 3.65. The van der Waals surface area contributed by atoms with E-state index in [1.54, 1.807) is 6.92 Å². The van der Waals surface area contributed by atoms with Gasteiger partial charge in [-0.3, -0.25) is 4.79 Å². The summed E-state index contributed by atoms with van der Waals surface area (Å²) in [5.74, 6) is 0.208. The van der Waals surface area contributed by atoms with Crippen molar-refractivity contribution in [3.8, 4) is 0 Å². The molecule has 0 amide bonds. The summed E-state index contributed by atoms with van der Waals surface area (Å²) in [6.07, 6.45) is 5.81. The van der Waals surface area contributed by atoms with Crippen LogP contribution in [0.4, 0.5) is 0 Å². The molecule has 0 fully saturated rings. The first-order valence-corrected chi connectivity index (χ1v) is 8.03. The van der Waals surface area contributed by atoms with Gasteiger partial charge in [-0.2, -0.15) is 0 Å². The maximum atomic E-state index is 11.8. The van der Waals surface area contributed by atoms with Crippen LogP contribution in [0, 0.1) is 0 Å². The van der Waals surface area contributed by atoms with E-state index in [-0.39, 0.29) is 5.78 Å². The minimum atomic E-state index is 0.208. The van der Waals surface area contributed by atoms with Crippen molar-refractivity contribution in [2.75, 3.05) is 13.1 Å². The largest absolute Gasteiger partial charge is 0.300 e. The second-order valence-electron chi connectivity index (χ2n) is 5.93. The Morgan fingerprint density at radius 2 is 1.95 bits per heavy atom. The fourth-order valence-electron chi connectivity index (χ4n) is 3.46. The molecule has 1 aromatic rings. The number of nitrogens with zero attached hydrogens (tertiary/aromatic N) is 1. The second kappa shape index (κ2) is 7.03. The molecular formula is C18H27NO. The summed E-state index contributed by atoms with van der Waals surface area (Å²) < 4.78 is 0. The maximum absolute atomic E-state index is 11.8. The quantitative estimate of drug-likeness (QED) is 0.733. The van der Waals surface area contributed by atoms with Crippen molar-refractivity contribution in [3.63, 3.8) is 0 Å². The molecule has 1 atom stereocenters. The van der Waals surface area contributed by atoms with E-state index >= 15 is 0 Å². The van der Waals surface area contributed by atoms with Crippen LogP contribution in [0.5, 0.6) is 0 Å². The topological polar surface area (TPSA) is 20.3 Å². The number of hydrogen-bond donors (Lipinski definition) is 0. The number of benzene rings is 1. The van der Waals surface area contributed by atoms with Crippen LogP contribution in [-0.2, 0) is 12.8 Å². The molecule has 20 heavy (non-hydrogen) atoms. The minimum absolute atomic E-state index is 0.208. The van der Waals surface area contributed by atoms with Gasteiger partial charge < -0.3 is 4.90 Å². The molecule has 2 nitrogen and oxygen atoms in total. The molecule has 2 rings (SSSR count). The molecule has 110 valence electrons. The third-order valence-corrected chi connectivity index (χ3v) is 4.38. The molecule has 0 aliphatic heterocycles. The second-order valence-corrected chi connectivity index (χ2v) is 5.93. The van der Waals surface area contributed by atoms with Crippen LogP contribution in [0.3, 0.4) is 0 Å². The first-order chi connectivity index (χ1) is 9.67. The Morgan fingerprint density at radius 1 is 1.25 bits per heavy atom. The molecule has 0 saturated carbocycles. The van der Waals surface area contributed by atoms with Crippen molar-refractivity contribution in [1.82, 2.24) is 4.90 Å². The predicted molar refractivity (Wildman–Crippen MR) is 84.4 cm³/mol. The minimum Gasteiger partial charge on any atom is -0.300 e. The Hall–Kier alpha value is -1.15. The number of hydrogen-bond acceptors (Lipinski definition) is 2. The number of aryl methyl sites for hydroxylation is 1. The molecular weight excluding hydrogens is 246 g/mol. The van der Waals surface area contributed by atoms with Gasteiger partial charge in [-0.25, -0.2) is 0 Å². The zero-order valence-electron chi connectivity index (χ0n) is 13.1. The Morgan fingerprint density at radius 3 is 2.55 bits per heavy atom. The van der Waals surface area contributed by atoms with Gasteiger partial charge in [0.2, 0.25) is 0 Å². The lowest BCUT2D eigenvalue weighted by atomic mass is 9.83. The number of Topliss-reactive ketones (excluding diaryl/α,β-unsaturated/α-hetero) is 1. The van der Waals surface area contributed by atoms with Crippen LogP contribution in [0.25, 0.3) is 0 Å². The van der Waals surface area contributed by atoms with Crippen molar-refractivity contribution >= 4 is 5.78 Å². The van der Waals surface area contributed by atoms with Crippen molar-refractivity contribution < 1.29 is 4.79 Å². The highest BCUT2D eigenvalue weighted by Crippen LogP contribution is 2.28. The summed E-state index contributed by atoms with van der Waals surface area (Å²) in [5, 5.41) is 0. The average molecular weight is 273 g/mol. The smallest absolute Gasteiger partial charge is 0.160 e. The predicted octanol–water partition coefficient (Wildman–Crippen LogP) is 3.87. The van der Waals surface area contributed by atoms with Crippen LogP contribution in [-0.4, -0.2) is 29.8 Å². The van der Waals surface area contributed by atoms with E-state index in [1.807, 2.05) is 12.1 Å². The van der Waals surface area contributed by atoms with Gasteiger partial charge in [-0.15, -0.1) is 0 Å². The van der Waals surface area contributed by atoms with Crippen LogP contribution in [0.2, 0.25) is 0 Å². The number of carbonyl (C=O) groups is 1. The van der Waals surface area contributed by atoms with Gasteiger partial charge in [0.05, 0.1) is 0 Å². The number of fused-ring (bicyclic) bond motifs is 1. The number of ketones is 1. The maximum Gasteiger partial charge on any atom is 0.160 e. The van der Waals surface area contributed by atoms with Crippen LogP contribution in [0.15, 0.2) is 18.2 Å². The van der Waals surface area contributed by atoms with E-state index in [2.05, 4.69) is 24.8 Å². The Kier molecular flexibility index (Phi) is 5.36. The molecule has 0 unspecified atom stereocenters. The molecule has 0 bridgehead atoms. The van der Waals surface area contributed by atoms with Gasteiger partial charge in [0.25, 0.3) is 0 Å². The van der Waals surface area contributed by atoms with E-state index < -0.39 is 0 Å². The molecule has 0 spiro atoms. The monoisotopic (exact) mass is 273 g/mol. The first-order valence-electron chi connectivity index (χ1n) is 8.03. The average Bonchev–Trinajstić information content (AvgIpc) is 2.45. The lowest BCUT2D eigenvalue weighted by molar-refractivity contribution is 0.101. The summed E-state index contributed by atoms with van der Waals surface area (Å²) in [4.78, 5) is 14.5. The van der Waals surface area contributed by atoms with Crippen molar-refractivity contribution in [3.05, 3.63) is 34.9 Å². The lowest BCUT2D eigenvalue weighted by Gasteiger charge is -2.35. The van der Waals surface area contributed by atoms with Gasteiger partial charge in [-0.1, -0.05) is 32.0 Å². The van der Waals surface area contributed by atoms with Gasteiger partial charge >= 0.3 is 0 Å². The molecule has 0 heterocycles. The highest BCUT2D eigenvalue weighted by Gasteiger charge is 2.25. The lowest BCUT2D eigenvalue weighted by Crippen LogP contribution is -2.40. The molecule has 1 aliphatic rings. The van der Waals surface area contributed by atoms with Gasteiger partial charge in [0.1, 0.15) is 0 Å². The zero-order chi connectivity index (χ0) is 14.5. The van der Waals surface area contributed by atoms with E-state index in [0.717, 1.165) is 18.4 Å². The van der Waals surface area contributed by atoms with E-state index in [4.69, 9.17) is 0 Å². The third-order valence-electron chi connectivity index (χ3n) is 4.38. The fraction of sp³-hybridized carbons (Fsp3) is 0.611. The van der Waals surface area contributed by atoms with E-state index in [9.17, 15) is 4.79 Å². The molecule has 1 aliphatic carbocycles. The summed E-state index contributed by atoms with van der Waals surface area (Å²) >= 11 is 0. The van der Waals surface area contributed by atoms with Gasteiger partial charge in [-0.05, 0) is 63.2 Å². The Labute approximate surface area is 123 Å². The molecule has 0 radical (unpaired) electrons. The first kappa shape index (κ1) is 15.2. The summed E-state index contributed by atoms with van der Waals surface area (Å²) in [6, 6.07) is 6.84. The van der Waals surface area contributed by atoms with Crippen LogP contribution in [0.1, 0.15) is 61.5 Å². The number of carbonyl (C=O) groups excluding carboxylic acids is 1. The van der Waals surface area contributed by atoms with Crippen LogP contribution < -0.4 is 0 Å². The molecule has 0 N–H and O–H groups in total. The highest BCUT2D eigenvalue weighted by atomic mass is 16.1. The normalized spacial score (nSPS) is 18.1. The summed E-state index contributed by atoms with van der Waals surface area (Å²) in [6.45, 7) is 8.54. The van der Waals surface area contributed by atoms with Gasteiger partial charge in [0.15, 0.2) is 5.78 Å². The highest BCUT2D eigenvalue weighted by molar-refractivity contribution is 5.96. The molecule has 2 heteroatoms. The zero-order valence-corrected chi connectivity index (χ0v) is 13.1. The van der Waals surface area contributed by atoms with Gasteiger partial charge in [0, 0.05) is 11.6 Å². The van der Waals surface area contributed by atoms with Crippen molar-refractivity contribution in [2.24, 2.45) is 0 Å². The molecule has 0 saturated heterocycles.